The number of hydrogen-bond donors (Lipinski definition) is 2. The number of nitrogens with one attached hydrogen (secondary N) is 2. The summed E-state index contributed by atoms with van der Waals surface area (Å²) in [5.41, 5.74) is 1.45. The third kappa shape index (κ3) is 8.53. The number of nitrogens with zero attached hydrogens (tertiary/aromatic N) is 5. The number of carbonyl (C=O) groups excluding carboxylic acids is 3. The van der Waals surface area contributed by atoms with Gasteiger partial charge in [0.25, 0.3) is 5.91 Å². The van der Waals surface area contributed by atoms with E-state index < -0.39 is 46.8 Å². The summed E-state index contributed by atoms with van der Waals surface area (Å²) in [5, 5.41) is 5.45. The largest absolute Gasteiger partial charge is 0.444 e. The topological polar surface area (TPSA) is 120 Å². The normalized spacial score (nSPS) is 14.4. The fourth-order valence-corrected chi connectivity index (χ4v) is 6.11. The Bertz CT molecular complexity index is 1970. The zero-order valence-corrected chi connectivity index (χ0v) is 30.9. The molecule has 2 N–H and O–H groups in total. The number of hydrogen-bond acceptors (Lipinski definition) is 7. The highest BCUT2D eigenvalue weighted by atomic mass is 19.1. The van der Waals surface area contributed by atoms with Crippen LogP contribution in [0.2, 0.25) is 0 Å². The monoisotopic (exact) mass is 731 g/mol. The third-order valence-electron chi connectivity index (χ3n) is 8.80. The fraction of sp³-hybridized carbons (Fsp3) is 0.359. The number of carbonyl (C=O) groups is 3. The quantitative estimate of drug-likeness (QED) is 0.205. The molecule has 2 aliphatic rings. The van der Waals surface area contributed by atoms with Gasteiger partial charge >= 0.3 is 12.1 Å². The smallest absolute Gasteiger partial charge is 0.410 e. The molecular formula is C39H44F3N7O4. The summed E-state index contributed by atoms with van der Waals surface area (Å²) in [6.45, 7) is 12.0. The first kappa shape index (κ1) is 38.6. The first-order valence-corrected chi connectivity index (χ1v) is 17.5. The fourth-order valence-electron chi connectivity index (χ4n) is 6.11. The maximum absolute atomic E-state index is 15.3. The number of anilines is 4. The molecule has 3 heterocycles. The highest BCUT2D eigenvalue weighted by Crippen LogP contribution is 2.40. The van der Waals surface area contributed by atoms with Gasteiger partial charge in [-0.3, -0.25) is 4.79 Å². The molecule has 1 aromatic heterocycles. The molecule has 0 bridgehead atoms. The second kappa shape index (κ2) is 15.9. The predicted octanol–water partition coefficient (Wildman–Crippen LogP) is 8.34. The summed E-state index contributed by atoms with van der Waals surface area (Å²) in [6.07, 6.45) is 0.673. The van der Waals surface area contributed by atoms with E-state index in [1.54, 1.807) is 50.9 Å². The number of piperidine rings is 1. The molecule has 1 fully saturated rings. The lowest BCUT2D eigenvalue weighted by molar-refractivity contribution is 0.0200. The molecular weight excluding hydrogens is 687 g/mol. The molecule has 0 saturated carbocycles. The molecule has 0 atom stereocenters. The Labute approximate surface area is 307 Å². The standard InChI is InChI=1S/C37H38F3N7O4.C2H6/c1-21-9-10-22(33(48)42-24-13-11-23(38)12-14-24)19-26(21)30-27-20-41-35(49)47(31-28(39)7-6-8-29(31)40)32(27)44-34(43-30)46-17-15-25(16-18-46)45(5)36(50)51-37(2,3)4;1-2/h6-14,19,25H,15-18,20H2,1-5H3,(H,41,49)(H,42,48);1-2H3. The Morgan fingerprint density at radius 1 is 0.962 bits per heavy atom. The summed E-state index contributed by atoms with van der Waals surface area (Å²) in [5.74, 6) is -2.60. The summed E-state index contributed by atoms with van der Waals surface area (Å²) in [4.78, 5) is 53.5. The summed E-state index contributed by atoms with van der Waals surface area (Å²) >= 11 is 0. The van der Waals surface area contributed by atoms with Crippen molar-refractivity contribution in [3.8, 4) is 11.3 Å². The van der Waals surface area contributed by atoms with Crippen molar-refractivity contribution in [1.29, 1.82) is 0 Å². The summed E-state index contributed by atoms with van der Waals surface area (Å²) < 4.78 is 49.5. The highest BCUT2D eigenvalue weighted by Gasteiger charge is 2.36. The predicted molar refractivity (Wildman–Crippen MR) is 198 cm³/mol. The van der Waals surface area contributed by atoms with E-state index in [-0.39, 0.29) is 29.9 Å². The van der Waals surface area contributed by atoms with Crippen molar-refractivity contribution in [2.45, 2.75) is 72.6 Å². The first-order valence-electron chi connectivity index (χ1n) is 17.5. The van der Waals surface area contributed by atoms with Gasteiger partial charge in [0.2, 0.25) is 5.95 Å². The van der Waals surface area contributed by atoms with Crippen LogP contribution < -0.4 is 20.4 Å². The molecule has 6 rings (SSSR count). The van der Waals surface area contributed by atoms with Gasteiger partial charge in [-0.2, -0.15) is 4.98 Å². The zero-order chi connectivity index (χ0) is 38.6. The first-order chi connectivity index (χ1) is 25.2. The van der Waals surface area contributed by atoms with E-state index in [2.05, 4.69) is 10.6 Å². The van der Waals surface area contributed by atoms with E-state index in [9.17, 15) is 18.8 Å². The molecule has 4 aromatic rings. The van der Waals surface area contributed by atoms with Crippen molar-refractivity contribution in [1.82, 2.24) is 20.2 Å². The number of aryl methyl sites for hydroxylation is 1. The average molecular weight is 732 g/mol. The maximum Gasteiger partial charge on any atom is 0.410 e. The van der Waals surface area contributed by atoms with Crippen LogP contribution in [0.15, 0.2) is 60.7 Å². The van der Waals surface area contributed by atoms with Crippen molar-refractivity contribution >= 4 is 41.2 Å². The summed E-state index contributed by atoms with van der Waals surface area (Å²) in [7, 11) is 1.70. The second-order valence-electron chi connectivity index (χ2n) is 13.5. The number of halogens is 3. The molecule has 0 unspecified atom stereocenters. The minimum atomic E-state index is -0.957. The van der Waals surface area contributed by atoms with Crippen LogP contribution in [0.4, 0.5) is 45.9 Å². The number of rotatable bonds is 6. The Balaban J connectivity index is 0.00000266. The molecule has 3 aromatic carbocycles. The molecule has 1 saturated heterocycles. The van der Waals surface area contributed by atoms with Gasteiger partial charge in [0.1, 0.15) is 28.7 Å². The lowest BCUT2D eigenvalue weighted by Crippen LogP contribution is -2.48. The van der Waals surface area contributed by atoms with E-state index in [4.69, 9.17) is 14.7 Å². The molecule has 0 radical (unpaired) electrons. The minimum Gasteiger partial charge on any atom is -0.444 e. The SMILES string of the molecule is CC.Cc1ccc(C(=O)Nc2ccc(F)cc2)cc1-c1nc(N2CCC(N(C)C(=O)OC(C)(C)C)CC2)nc2c1CNC(=O)N2c1c(F)cccc1F. The van der Waals surface area contributed by atoms with Crippen molar-refractivity contribution in [3.05, 3.63) is 94.8 Å². The van der Waals surface area contributed by atoms with E-state index >= 15 is 8.78 Å². The van der Waals surface area contributed by atoms with E-state index in [1.807, 2.05) is 25.7 Å². The van der Waals surface area contributed by atoms with Gasteiger partial charge in [0.05, 0.1) is 12.2 Å². The number of amides is 4. The van der Waals surface area contributed by atoms with Gasteiger partial charge in [-0.15, -0.1) is 0 Å². The molecule has 11 nitrogen and oxygen atoms in total. The van der Waals surface area contributed by atoms with Crippen LogP contribution in [0.25, 0.3) is 11.3 Å². The van der Waals surface area contributed by atoms with Crippen molar-refractivity contribution in [2.24, 2.45) is 0 Å². The molecule has 2 aliphatic heterocycles. The molecule has 0 aliphatic carbocycles. The van der Waals surface area contributed by atoms with Gasteiger partial charge in [-0.25, -0.2) is 32.6 Å². The number of urea groups is 1. The lowest BCUT2D eigenvalue weighted by Gasteiger charge is -2.38. The number of benzene rings is 3. The Morgan fingerprint density at radius 2 is 1.60 bits per heavy atom. The molecule has 4 amide bonds. The Kier molecular flexibility index (Phi) is 11.6. The average Bonchev–Trinajstić information content (AvgIpc) is 3.13. The third-order valence-corrected chi connectivity index (χ3v) is 8.80. The van der Waals surface area contributed by atoms with Gasteiger partial charge < -0.3 is 25.2 Å². The van der Waals surface area contributed by atoms with Crippen LogP contribution in [0.3, 0.4) is 0 Å². The van der Waals surface area contributed by atoms with Crippen LogP contribution >= 0.6 is 0 Å². The van der Waals surface area contributed by atoms with Crippen molar-refractivity contribution in [2.75, 3.05) is 35.3 Å². The number of aromatic nitrogens is 2. The van der Waals surface area contributed by atoms with Gasteiger partial charge in [-0.05, 0) is 94.6 Å². The minimum absolute atomic E-state index is 0.00341. The van der Waals surface area contributed by atoms with Crippen molar-refractivity contribution < 1.29 is 32.3 Å². The van der Waals surface area contributed by atoms with Gasteiger partial charge in [-0.1, -0.05) is 26.0 Å². The van der Waals surface area contributed by atoms with E-state index in [0.717, 1.165) is 22.6 Å². The molecule has 14 heteroatoms. The van der Waals surface area contributed by atoms with Gasteiger partial charge in [0.15, 0.2) is 5.82 Å². The van der Waals surface area contributed by atoms with Crippen LogP contribution in [-0.4, -0.2) is 64.7 Å². The number of ether oxygens (including phenoxy) is 1. The molecule has 280 valence electrons. The zero-order valence-electron chi connectivity index (χ0n) is 30.9. The van der Waals surface area contributed by atoms with Crippen LogP contribution in [0.5, 0.6) is 0 Å². The van der Waals surface area contributed by atoms with E-state index in [1.165, 1.54) is 30.3 Å². The van der Waals surface area contributed by atoms with E-state index in [0.29, 0.717) is 48.4 Å². The second-order valence-corrected chi connectivity index (χ2v) is 13.5. The number of fused-ring (bicyclic) bond motifs is 1. The Hall–Kier alpha value is -5.66. The molecule has 53 heavy (non-hydrogen) atoms. The number of para-hydroxylation sites is 1. The summed E-state index contributed by atoms with van der Waals surface area (Å²) in [6, 6.07) is 12.8. The maximum atomic E-state index is 15.3. The van der Waals surface area contributed by atoms with Crippen LogP contribution in [0, 0.1) is 24.4 Å². The van der Waals surface area contributed by atoms with Crippen LogP contribution in [0.1, 0.15) is 68.9 Å². The lowest BCUT2D eigenvalue weighted by atomic mass is 9.97. The van der Waals surface area contributed by atoms with Gasteiger partial charge in [0, 0.05) is 48.6 Å². The van der Waals surface area contributed by atoms with Crippen molar-refractivity contribution in [3.63, 3.8) is 0 Å². The molecule has 0 spiro atoms. The Morgan fingerprint density at radius 3 is 2.23 bits per heavy atom. The van der Waals surface area contributed by atoms with Crippen LogP contribution in [-0.2, 0) is 11.3 Å². The highest BCUT2D eigenvalue weighted by molar-refractivity contribution is 6.06.